The van der Waals surface area contributed by atoms with Crippen LogP contribution in [0.25, 0.3) is 0 Å². The second-order valence-corrected chi connectivity index (χ2v) is 17.4. The lowest BCUT2D eigenvalue weighted by Gasteiger charge is -2.43. The number of ether oxygens (including phenoxy) is 2. The summed E-state index contributed by atoms with van der Waals surface area (Å²) < 4.78 is 53.0. The fourth-order valence-corrected chi connectivity index (χ4v) is 9.60. The Morgan fingerprint density at radius 1 is 0.828 bits per heavy atom. The summed E-state index contributed by atoms with van der Waals surface area (Å²) in [7, 11) is 0. The van der Waals surface area contributed by atoms with Crippen molar-refractivity contribution in [3.05, 3.63) is 58.1 Å². The maximum Gasteiger partial charge on any atom is 0.418 e. The van der Waals surface area contributed by atoms with E-state index in [1.54, 1.807) is 19.6 Å². The molecule has 0 saturated carbocycles. The number of nitrogen functional groups attached to an aromatic ring is 1. The summed E-state index contributed by atoms with van der Waals surface area (Å²) in [4.78, 5) is 88.5. The number of benzene rings is 2. The second-order valence-electron chi connectivity index (χ2n) is 17.0. The molecule has 0 bridgehead atoms. The van der Waals surface area contributed by atoms with Crippen LogP contribution in [0.4, 0.5) is 34.1 Å². The van der Waals surface area contributed by atoms with Crippen molar-refractivity contribution < 1.29 is 51.4 Å². The van der Waals surface area contributed by atoms with Gasteiger partial charge in [-0.15, -0.1) is 0 Å². The van der Waals surface area contributed by atoms with E-state index in [0.29, 0.717) is 84.3 Å². The van der Waals surface area contributed by atoms with E-state index >= 15 is 0 Å². The number of halogens is 4. The Bertz CT molecular complexity index is 2050. The molecule has 0 spiro atoms. The number of nitrogens with two attached hydrogens (primary N) is 1. The third kappa shape index (κ3) is 11.5. The molecule has 5 aliphatic heterocycles. The number of amides is 6. The summed E-state index contributed by atoms with van der Waals surface area (Å²) in [5.41, 5.74) is 5.72. The minimum Gasteiger partial charge on any atom is -0.464 e. The highest BCUT2D eigenvalue weighted by atomic mass is 35.5. The molecule has 2 aromatic carbocycles. The number of alkyl halides is 3. The molecule has 4 saturated heterocycles. The molecule has 20 heteroatoms. The lowest BCUT2D eigenvalue weighted by atomic mass is 10.0. The number of likely N-dealkylation sites (tertiary alicyclic amines) is 3. The van der Waals surface area contributed by atoms with E-state index in [9.17, 15) is 41.9 Å². The minimum atomic E-state index is -4.82. The van der Waals surface area contributed by atoms with Crippen LogP contribution in [0.1, 0.15) is 68.1 Å². The molecule has 1 atom stereocenters. The molecule has 5 aliphatic rings. The highest BCUT2D eigenvalue weighted by Gasteiger charge is 2.39. The van der Waals surface area contributed by atoms with E-state index in [1.807, 2.05) is 24.3 Å². The minimum absolute atomic E-state index is 0.0246. The van der Waals surface area contributed by atoms with Crippen LogP contribution < -0.4 is 11.1 Å². The first kappa shape index (κ1) is 46.7. The number of fused-ring (bicyclic) bond motifs is 1. The molecule has 64 heavy (non-hydrogen) atoms. The number of rotatable bonds is 12. The Morgan fingerprint density at radius 2 is 1.52 bits per heavy atom. The Morgan fingerprint density at radius 3 is 2.20 bits per heavy atom. The van der Waals surface area contributed by atoms with Gasteiger partial charge in [-0.2, -0.15) is 13.2 Å². The van der Waals surface area contributed by atoms with Crippen LogP contribution in [0.15, 0.2) is 36.4 Å². The van der Waals surface area contributed by atoms with Gasteiger partial charge in [0.25, 0.3) is 5.91 Å². The van der Waals surface area contributed by atoms with Gasteiger partial charge < -0.3 is 45.0 Å². The van der Waals surface area contributed by atoms with Crippen LogP contribution >= 0.6 is 11.6 Å². The molecule has 2 aromatic rings. The Hall–Kier alpha value is -5.30. The number of hydrogen-bond acceptors (Lipinski definition) is 10. The fraction of sp³-hybridized carbons (Fsp3) is 0.591. The molecule has 0 aromatic heterocycles. The number of hydrogen-bond donors (Lipinski definition) is 2. The van der Waals surface area contributed by atoms with Gasteiger partial charge in [-0.25, -0.2) is 9.59 Å². The lowest BCUT2D eigenvalue weighted by Crippen LogP contribution is -2.57. The van der Waals surface area contributed by atoms with Crippen molar-refractivity contribution in [2.45, 2.75) is 88.6 Å². The van der Waals surface area contributed by atoms with Crippen molar-refractivity contribution in [1.82, 2.24) is 29.4 Å². The van der Waals surface area contributed by atoms with Crippen molar-refractivity contribution >= 4 is 58.8 Å². The van der Waals surface area contributed by atoms with Crippen LogP contribution in [-0.2, 0) is 47.7 Å². The average Bonchev–Trinajstić information content (AvgIpc) is 3.61. The van der Waals surface area contributed by atoms with Gasteiger partial charge in [0, 0.05) is 102 Å². The number of anilines is 2. The summed E-state index contributed by atoms with van der Waals surface area (Å²) in [6, 6.07) is 9.49. The first-order chi connectivity index (χ1) is 30.6. The molecule has 4 fully saturated rings. The van der Waals surface area contributed by atoms with Crippen molar-refractivity contribution in [3.8, 4) is 0 Å². The SMILES string of the molecule is Nc1c(Cl)cc(CC(OC(=O)N2CCC(N3CCc4ccccc4NC3=O)CC2)C(=O)N2CCN(C3CCN(C(=O)CCC(=O)OCCN4CCCC4=O)CC3)CC2)cc1C(F)(F)F. The first-order valence-electron chi connectivity index (χ1n) is 22.1. The predicted molar refractivity (Wildman–Crippen MR) is 229 cm³/mol. The number of nitrogens with one attached hydrogen (secondary N) is 1. The average molecular weight is 917 g/mol. The van der Waals surface area contributed by atoms with Crippen molar-refractivity contribution in [2.24, 2.45) is 0 Å². The van der Waals surface area contributed by atoms with Crippen LogP contribution in [0, 0.1) is 0 Å². The molecule has 348 valence electrons. The first-order valence-corrected chi connectivity index (χ1v) is 22.5. The van der Waals surface area contributed by atoms with Crippen LogP contribution in [0.5, 0.6) is 0 Å². The zero-order chi connectivity index (χ0) is 45.5. The number of esters is 1. The molecule has 16 nitrogen and oxygen atoms in total. The quantitative estimate of drug-likeness (QED) is 0.226. The highest BCUT2D eigenvalue weighted by molar-refractivity contribution is 6.33. The van der Waals surface area contributed by atoms with E-state index in [0.717, 1.165) is 23.7 Å². The van der Waals surface area contributed by atoms with Crippen molar-refractivity contribution in [2.75, 3.05) is 89.6 Å². The van der Waals surface area contributed by atoms with Gasteiger partial charge in [-0.1, -0.05) is 29.8 Å². The normalized spacial score (nSPS) is 19.8. The fourth-order valence-electron chi connectivity index (χ4n) is 9.36. The molecule has 0 aliphatic carbocycles. The highest BCUT2D eigenvalue weighted by Crippen LogP contribution is 2.38. The molecule has 0 radical (unpaired) electrons. The van der Waals surface area contributed by atoms with Gasteiger partial charge in [-0.05, 0) is 67.9 Å². The number of piperidine rings is 2. The molecule has 3 N–H and O–H groups in total. The third-order valence-corrected chi connectivity index (χ3v) is 13.4. The molecular weight excluding hydrogens is 861 g/mol. The van der Waals surface area contributed by atoms with Crippen LogP contribution in [-0.4, -0.2) is 162 Å². The summed E-state index contributed by atoms with van der Waals surface area (Å²) in [6.45, 7) is 4.68. The number of carbonyl (C=O) groups is 6. The zero-order valence-corrected chi connectivity index (χ0v) is 36.5. The molecule has 6 amide bonds. The van der Waals surface area contributed by atoms with Crippen LogP contribution in [0.3, 0.4) is 0 Å². The van der Waals surface area contributed by atoms with Crippen LogP contribution in [0.2, 0.25) is 5.02 Å². The number of nitrogens with zero attached hydrogens (tertiary/aromatic N) is 6. The van der Waals surface area contributed by atoms with E-state index in [2.05, 4.69) is 10.2 Å². The maximum atomic E-state index is 14.2. The monoisotopic (exact) mass is 916 g/mol. The van der Waals surface area contributed by atoms with Gasteiger partial charge in [-0.3, -0.25) is 24.1 Å². The molecule has 5 heterocycles. The van der Waals surface area contributed by atoms with Gasteiger partial charge in [0.2, 0.25) is 11.8 Å². The largest absolute Gasteiger partial charge is 0.464 e. The molecule has 7 rings (SSSR count). The van der Waals surface area contributed by atoms with Gasteiger partial charge in [0.1, 0.15) is 6.61 Å². The maximum absolute atomic E-state index is 14.2. The zero-order valence-electron chi connectivity index (χ0n) is 35.8. The Kier molecular flexibility index (Phi) is 15.1. The third-order valence-electron chi connectivity index (χ3n) is 13.0. The Labute approximate surface area is 375 Å². The van der Waals surface area contributed by atoms with E-state index in [4.69, 9.17) is 26.8 Å². The van der Waals surface area contributed by atoms with E-state index in [1.165, 1.54) is 11.0 Å². The summed E-state index contributed by atoms with van der Waals surface area (Å²) >= 11 is 6.15. The standard InChI is InChI=1S/C44H56ClF3N8O8/c45-34-27-29(26-33(40(34)49)44(46,47)48)28-36(64-43(62)55-17-12-32(13-18-55)56-19-9-30-4-1-2-5-35(30)50-42(56)61)41(60)54-22-20-51(21-23-54)31-10-15-53(16-11-31)38(58)7-8-39(59)63-25-24-52-14-3-6-37(52)57/h1-2,4-5,26-27,31-32,36H,3,6-25,28,49H2,(H,50,61). The number of carbonyl (C=O) groups excluding carboxylic acids is 6. The summed E-state index contributed by atoms with van der Waals surface area (Å²) in [5.74, 6) is -1.10. The van der Waals surface area contributed by atoms with Gasteiger partial charge in [0.15, 0.2) is 6.10 Å². The summed E-state index contributed by atoms with van der Waals surface area (Å²) in [5, 5.41) is 2.64. The smallest absolute Gasteiger partial charge is 0.418 e. The number of piperazine rings is 1. The van der Waals surface area contributed by atoms with Crippen molar-refractivity contribution in [3.63, 3.8) is 0 Å². The number of urea groups is 1. The van der Waals surface area contributed by atoms with Gasteiger partial charge in [0.05, 0.1) is 29.2 Å². The van der Waals surface area contributed by atoms with E-state index < -0.39 is 41.5 Å². The van der Waals surface area contributed by atoms with Gasteiger partial charge >= 0.3 is 24.3 Å². The summed E-state index contributed by atoms with van der Waals surface area (Å²) in [6.07, 6.45) is -3.14. The number of para-hydroxylation sites is 1. The molecule has 1 unspecified atom stereocenters. The lowest BCUT2D eigenvalue weighted by molar-refractivity contribution is -0.147. The van der Waals surface area contributed by atoms with Crippen molar-refractivity contribution in [1.29, 1.82) is 0 Å². The molecular formula is C44H56ClF3N8O8. The second kappa shape index (κ2) is 20.7. The predicted octanol–water partition coefficient (Wildman–Crippen LogP) is 4.62. The topological polar surface area (TPSA) is 178 Å². The Balaban J connectivity index is 0.910. The van der Waals surface area contributed by atoms with E-state index in [-0.39, 0.29) is 92.6 Å².